The summed E-state index contributed by atoms with van der Waals surface area (Å²) in [7, 11) is 0. The van der Waals surface area contributed by atoms with Gasteiger partial charge >= 0.3 is 11.8 Å². The molecule has 0 saturated heterocycles. The SMILES string of the molecule is O=C(NCc1ccccc1)C(=O)NC[C@H](c1ccco1)N1CCc2ccccc21. The Labute approximate surface area is 169 Å². The zero-order chi connectivity index (χ0) is 20.1. The first-order valence-electron chi connectivity index (χ1n) is 9.70. The maximum Gasteiger partial charge on any atom is 0.309 e. The summed E-state index contributed by atoms with van der Waals surface area (Å²) in [6, 6.07) is 21.3. The molecule has 0 bridgehead atoms. The number of hydrogen-bond donors (Lipinski definition) is 2. The number of rotatable bonds is 6. The van der Waals surface area contributed by atoms with Gasteiger partial charge in [-0.2, -0.15) is 0 Å². The highest BCUT2D eigenvalue weighted by Gasteiger charge is 2.29. The van der Waals surface area contributed by atoms with Gasteiger partial charge in [-0.15, -0.1) is 0 Å². The maximum atomic E-state index is 12.3. The molecule has 1 aliphatic heterocycles. The van der Waals surface area contributed by atoms with Gasteiger partial charge in [-0.05, 0) is 35.7 Å². The summed E-state index contributed by atoms with van der Waals surface area (Å²) < 4.78 is 5.63. The molecule has 6 nitrogen and oxygen atoms in total. The number of benzene rings is 2. The summed E-state index contributed by atoms with van der Waals surface area (Å²) in [4.78, 5) is 26.7. The molecular weight excluding hydrogens is 366 g/mol. The van der Waals surface area contributed by atoms with Crippen LogP contribution in [0.2, 0.25) is 0 Å². The van der Waals surface area contributed by atoms with Crippen LogP contribution in [0.15, 0.2) is 77.4 Å². The minimum Gasteiger partial charge on any atom is -0.467 e. The topological polar surface area (TPSA) is 74.6 Å². The van der Waals surface area contributed by atoms with Crippen LogP contribution in [0, 0.1) is 0 Å². The fourth-order valence-electron chi connectivity index (χ4n) is 3.66. The number of furan rings is 1. The fourth-order valence-corrected chi connectivity index (χ4v) is 3.66. The summed E-state index contributed by atoms with van der Waals surface area (Å²) in [5.74, 6) is -0.537. The molecular formula is C23H23N3O3. The van der Waals surface area contributed by atoms with Gasteiger partial charge in [0.1, 0.15) is 11.8 Å². The lowest BCUT2D eigenvalue weighted by Gasteiger charge is -2.29. The highest BCUT2D eigenvalue weighted by Crippen LogP contribution is 2.34. The van der Waals surface area contributed by atoms with Crippen molar-refractivity contribution in [2.24, 2.45) is 0 Å². The van der Waals surface area contributed by atoms with Gasteiger partial charge in [0.25, 0.3) is 0 Å². The van der Waals surface area contributed by atoms with Crippen LogP contribution in [0.1, 0.15) is 22.9 Å². The third kappa shape index (κ3) is 4.32. The number of anilines is 1. The Balaban J connectivity index is 1.40. The molecule has 2 heterocycles. The van der Waals surface area contributed by atoms with E-state index in [2.05, 4.69) is 27.7 Å². The second-order valence-electron chi connectivity index (χ2n) is 6.98. The first kappa shape index (κ1) is 18.8. The van der Waals surface area contributed by atoms with E-state index in [9.17, 15) is 9.59 Å². The Morgan fingerprint density at radius 3 is 2.48 bits per heavy atom. The second kappa shape index (κ2) is 8.65. The van der Waals surface area contributed by atoms with Crippen LogP contribution in [-0.4, -0.2) is 24.9 Å². The number of hydrogen-bond acceptors (Lipinski definition) is 4. The molecule has 4 rings (SSSR count). The number of carbonyl (C=O) groups excluding carboxylic acids is 2. The lowest BCUT2D eigenvalue weighted by molar-refractivity contribution is -0.139. The van der Waals surface area contributed by atoms with Crippen LogP contribution >= 0.6 is 0 Å². The number of carbonyl (C=O) groups is 2. The largest absolute Gasteiger partial charge is 0.467 e. The monoisotopic (exact) mass is 389 g/mol. The van der Waals surface area contributed by atoms with E-state index in [1.54, 1.807) is 6.26 Å². The maximum absolute atomic E-state index is 12.3. The quantitative estimate of drug-likeness (QED) is 0.636. The Hall–Kier alpha value is -3.54. The Morgan fingerprint density at radius 1 is 0.931 bits per heavy atom. The van der Waals surface area contributed by atoms with E-state index in [1.165, 1.54) is 5.56 Å². The normalized spacial score (nSPS) is 13.6. The summed E-state index contributed by atoms with van der Waals surface area (Å²) in [5.41, 5.74) is 3.35. The van der Waals surface area contributed by atoms with Gasteiger partial charge in [0.2, 0.25) is 0 Å². The summed E-state index contributed by atoms with van der Waals surface area (Å²) in [6.07, 6.45) is 2.57. The van der Waals surface area contributed by atoms with Crippen molar-refractivity contribution in [2.45, 2.75) is 19.0 Å². The molecule has 2 N–H and O–H groups in total. The van der Waals surface area contributed by atoms with E-state index in [-0.39, 0.29) is 12.6 Å². The average Bonchev–Trinajstić information content (AvgIpc) is 3.44. The van der Waals surface area contributed by atoms with Crippen LogP contribution in [0.25, 0.3) is 0 Å². The van der Waals surface area contributed by atoms with Gasteiger partial charge in [0.15, 0.2) is 0 Å². The van der Waals surface area contributed by atoms with E-state index >= 15 is 0 Å². The molecule has 0 fully saturated rings. The van der Waals surface area contributed by atoms with Gasteiger partial charge < -0.3 is 20.0 Å². The third-order valence-corrected chi connectivity index (χ3v) is 5.13. The van der Waals surface area contributed by atoms with E-state index in [0.717, 1.165) is 30.0 Å². The van der Waals surface area contributed by atoms with E-state index < -0.39 is 11.8 Å². The minimum absolute atomic E-state index is 0.181. The molecule has 1 aliphatic rings. The Morgan fingerprint density at radius 2 is 1.69 bits per heavy atom. The number of fused-ring (bicyclic) bond motifs is 1. The molecule has 0 radical (unpaired) electrons. The number of nitrogens with zero attached hydrogens (tertiary/aromatic N) is 1. The van der Waals surface area contributed by atoms with Crippen molar-refractivity contribution in [3.63, 3.8) is 0 Å². The zero-order valence-electron chi connectivity index (χ0n) is 16.0. The number of para-hydroxylation sites is 1. The molecule has 148 valence electrons. The zero-order valence-corrected chi connectivity index (χ0v) is 16.0. The molecule has 0 aliphatic carbocycles. The average molecular weight is 389 g/mol. The van der Waals surface area contributed by atoms with Crippen molar-refractivity contribution >= 4 is 17.5 Å². The predicted molar refractivity (Wildman–Crippen MR) is 110 cm³/mol. The summed E-state index contributed by atoms with van der Waals surface area (Å²) >= 11 is 0. The van der Waals surface area contributed by atoms with Crippen molar-refractivity contribution < 1.29 is 14.0 Å². The molecule has 0 saturated carbocycles. The van der Waals surface area contributed by atoms with Crippen LogP contribution in [-0.2, 0) is 22.6 Å². The van der Waals surface area contributed by atoms with Crippen molar-refractivity contribution in [3.05, 3.63) is 89.9 Å². The standard InChI is InChI=1S/C23H23N3O3/c27-22(24-15-17-7-2-1-3-8-17)23(28)25-16-20(21-11-6-14-29-21)26-13-12-18-9-4-5-10-19(18)26/h1-11,14,20H,12-13,15-16H2,(H,24,27)(H,25,28)/t20-/m1/s1. The second-order valence-corrected chi connectivity index (χ2v) is 6.98. The molecule has 3 aromatic rings. The van der Waals surface area contributed by atoms with Crippen LogP contribution < -0.4 is 15.5 Å². The lowest BCUT2D eigenvalue weighted by Crippen LogP contribution is -2.43. The third-order valence-electron chi connectivity index (χ3n) is 5.13. The highest BCUT2D eigenvalue weighted by molar-refractivity contribution is 6.35. The smallest absolute Gasteiger partial charge is 0.309 e. The molecule has 29 heavy (non-hydrogen) atoms. The first-order chi connectivity index (χ1) is 14.2. The molecule has 1 aromatic heterocycles. The minimum atomic E-state index is -0.648. The molecule has 2 aromatic carbocycles. The summed E-state index contributed by atoms with van der Waals surface area (Å²) in [6.45, 7) is 1.43. The van der Waals surface area contributed by atoms with Crippen molar-refractivity contribution in [1.29, 1.82) is 0 Å². The van der Waals surface area contributed by atoms with Crippen molar-refractivity contribution in [3.8, 4) is 0 Å². The van der Waals surface area contributed by atoms with Crippen molar-refractivity contribution in [2.75, 3.05) is 18.0 Å². The van der Waals surface area contributed by atoms with Crippen LogP contribution in [0.4, 0.5) is 5.69 Å². The van der Waals surface area contributed by atoms with Crippen LogP contribution in [0.3, 0.4) is 0 Å². The molecule has 0 spiro atoms. The Kier molecular flexibility index (Phi) is 5.61. The van der Waals surface area contributed by atoms with Gasteiger partial charge in [-0.3, -0.25) is 9.59 Å². The van der Waals surface area contributed by atoms with E-state index in [0.29, 0.717) is 6.54 Å². The van der Waals surface area contributed by atoms with Crippen LogP contribution in [0.5, 0.6) is 0 Å². The van der Waals surface area contributed by atoms with Gasteiger partial charge in [-0.1, -0.05) is 48.5 Å². The predicted octanol–water partition coefficient (Wildman–Crippen LogP) is 2.82. The Bertz CT molecular complexity index is 970. The van der Waals surface area contributed by atoms with Crippen molar-refractivity contribution in [1.82, 2.24) is 10.6 Å². The van der Waals surface area contributed by atoms with E-state index in [1.807, 2.05) is 54.6 Å². The molecule has 1 atom stereocenters. The first-order valence-corrected chi connectivity index (χ1v) is 9.70. The van der Waals surface area contributed by atoms with E-state index in [4.69, 9.17) is 4.42 Å². The molecule has 2 amide bonds. The lowest BCUT2D eigenvalue weighted by atomic mass is 10.1. The molecule has 0 unspecified atom stereocenters. The number of amides is 2. The summed E-state index contributed by atoms with van der Waals surface area (Å²) in [5, 5.41) is 5.42. The highest BCUT2D eigenvalue weighted by atomic mass is 16.3. The molecule has 6 heteroatoms. The van der Waals surface area contributed by atoms with Gasteiger partial charge in [0, 0.05) is 25.3 Å². The number of nitrogens with one attached hydrogen (secondary N) is 2. The van der Waals surface area contributed by atoms with Gasteiger partial charge in [0.05, 0.1) is 6.26 Å². The fraction of sp³-hybridized carbons (Fsp3) is 0.217. The van der Waals surface area contributed by atoms with Gasteiger partial charge in [-0.25, -0.2) is 0 Å².